The molecule has 1 saturated carbocycles. The standard InChI is InChI=1S/C21H26N4O2/c1-15-6-3-4-9-18(15)27-20-12-19(22-14-23-20)24-10-11-25(16(2)13-24)21(26)17-7-5-8-17/h3-4,6,9,12,14,16-17H,5,7-8,10-11,13H2,1-2H3/t16-/m1/s1. The number of piperazine rings is 1. The minimum Gasteiger partial charge on any atom is -0.439 e. The first-order chi connectivity index (χ1) is 13.1. The Hall–Kier alpha value is -2.63. The van der Waals surface area contributed by atoms with E-state index in [1.807, 2.05) is 42.2 Å². The second-order valence-electron chi connectivity index (χ2n) is 7.54. The van der Waals surface area contributed by atoms with Crippen molar-refractivity contribution in [1.29, 1.82) is 0 Å². The van der Waals surface area contributed by atoms with Crippen molar-refractivity contribution in [2.24, 2.45) is 5.92 Å². The van der Waals surface area contributed by atoms with E-state index in [2.05, 4.69) is 21.8 Å². The van der Waals surface area contributed by atoms with Crippen LogP contribution in [-0.4, -0.2) is 46.5 Å². The molecule has 4 rings (SSSR count). The summed E-state index contributed by atoms with van der Waals surface area (Å²) in [4.78, 5) is 25.5. The van der Waals surface area contributed by atoms with Crippen LogP contribution < -0.4 is 9.64 Å². The number of aryl methyl sites for hydroxylation is 1. The van der Waals surface area contributed by atoms with Gasteiger partial charge in [-0.05, 0) is 38.3 Å². The molecule has 0 bridgehead atoms. The number of nitrogens with zero attached hydrogens (tertiary/aromatic N) is 4. The molecule has 0 unspecified atom stereocenters. The average Bonchev–Trinajstić information content (AvgIpc) is 2.62. The molecule has 1 aromatic heterocycles. The highest BCUT2D eigenvalue weighted by molar-refractivity contribution is 5.80. The monoisotopic (exact) mass is 366 g/mol. The molecule has 1 aliphatic carbocycles. The number of hydrogen-bond donors (Lipinski definition) is 0. The summed E-state index contributed by atoms with van der Waals surface area (Å²) in [6.45, 7) is 6.43. The van der Waals surface area contributed by atoms with Crippen molar-refractivity contribution < 1.29 is 9.53 Å². The van der Waals surface area contributed by atoms with Crippen LogP contribution in [0.4, 0.5) is 5.82 Å². The van der Waals surface area contributed by atoms with Gasteiger partial charge >= 0.3 is 0 Å². The maximum atomic E-state index is 12.6. The topological polar surface area (TPSA) is 58.6 Å². The molecule has 1 aliphatic heterocycles. The third-order valence-corrected chi connectivity index (χ3v) is 5.62. The predicted molar refractivity (Wildman–Crippen MR) is 104 cm³/mol. The highest BCUT2D eigenvalue weighted by Gasteiger charge is 2.34. The number of anilines is 1. The summed E-state index contributed by atoms with van der Waals surface area (Å²) < 4.78 is 5.94. The Labute approximate surface area is 160 Å². The van der Waals surface area contributed by atoms with Gasteiger partial charge < -0.3 is 14.5 Å². The van der Waals surface area contributed by atoms with Crippen LogP contribution in [0.15, 0.2) is 36.7 Å². The van der Waals surface area contributed by atoms with Gasteiger partial charge in [0.15, 0.2) is 0 Å². The van der Waals surface area contributed by atoms with E-state index in [0.717, 1.165) is 49.6 Å². The zero-order valence-corrected chi connectivity index (χ0v) is 16.0. The lowest BCUT2D eigenvalue weighted by atomic mass is 9.84. The number of aromatic nitrogens is 2. The number of rotatable bonds is 4. The van der Waals surface area contributed by atoms with Crippen LogP contribution in [0.5, 0.6) is 11.6 Å². The number of carbonyl (C=O) groups is 1. The van der Waals surface area contributed by atoms with Gasteiger partial charge in [0.25, 0.3) is 0 Å². The number of benzene rings is 1. The zero-order chi connectivity index (χ0) is 18.8. The van der Waals surface area contributed by atoms with Crippen LogP contribution in [0.2, 0.25) is 0 Å². The largest absolute Gasteiger partial charge is 0.439 e. The van der Waals surface area contributed by atoms with E-state index in [9.17, 15) is 4.79 Å². The number of carbonyl (C=O) groups excluding carboxylic acids is 1. The lowest BCUT2D eigenvalue weighted by Crippen LogP contribution is -2.56. The van der Waals surface area contributed by atoms with Crippen molar-refractivity contribution in [1.82, 2.24) is 14.9 Å². The first kappa shape index (κ1) is 17.8. The molecule has 1 aromatic carbocycles. The smallest absolute Gasteiger partial charge is 0.226 e. The average molecular weight is 366 g/mol. The molecule has 0 spiro atoms. The third-order valence-electron chi connectivity index (χ3n) is 5.62. The fourth-order valence-corrected chi connectivity index (χ4v) is 3.73. The van der Waals surface area contributed by atoms with Gasteiger partial charge in [-0.15, -0.1) is 0 Å². The fourth-order valence-electron chi connectivity index (χ4n) is 3.73. The van der Waals surface area contributed by atoms with Crippen molar-refractivity contribution >= 4 is 11.7 Å². The normalized spacial score (nSPS) is 20.3. The Bertz CT molecular complexity index is 821. The zero-order valence-electron chi connectivity index (χ0n) is 16.0. The molecule has 0 radical (unpaired) electrons. The molecule has 0 N–H and O–H groups in total. The maximum Gasteiger partial charge on any atom is 0.226 e. The number of para-hydroxylation sites is 1. The molecule has 6 heteroatoms. The lowest BCUT2D eigenvalue weighted by molar-refractivity contribution is -0.140. The van der Waals surface area contributed by atoms with Crippen LogP contribution >= 0.6 is 0 Å². The molecule has 142 valence electrons. The molecule has 27 heavy (non-hydrogen) atoms. The highest BCUT2D eigenvalue weighted by Crippen LogP contribution is 2.30. The number of ether oxygens (including phenoxy) is 1. The van der Waals surface area contributed by atoms with E-state index in [1.165, 1.54) is 6.42 Å². The Morgan fingerprint density at radius 1 is 1.19 bits per heavy atom. The van der Waals surface area contributed by atoms with Crippen LogP contribution in [0, 0.1) is 12.8 Å². The van der Waals surface area contributed by atoms with Gasteiger partial charge in [-0.25, -0.2) is 9.97 Å². The molecule has 2 aromatic rings. The van der Waals surface area contributed by atoms with Gasteiger partial charge in [0.2, 0.25) is 11.8 Å². The first-order valence-electron chi connectivity index (χ1n) is 9.73. The first-order valence-corrected chi connectivity index (χ1v) is 9.73. The second kappa shape index (κ2) is 7.55. The van der Waals surface area contributed by atoms with Gasteiger partial charge in [-0.3, -0.25) is 4.79 Å². The van der Waals surface area contributed by atoms with Gasteiger partial charge in [0.1, 0.15) is 17.9 Å². The van der Waals surface area contributed by atoms with Crippen molar-refractivity contribution in [3.63, 3.8) is 0 Å². The Kier molecular flexibility index (Phi) is 4.97. The molecule has 1 atom stereocenters. The molecular formula is C21H26N4O2. The minimum atomic E-state index is 0.183. The summed E-state index contributed by atoms with van der Waals surface area (Å²) in [7, 11) is 0. The minimum absolute atomic E-state index is 0.183. The van der Waals surface area contributed by atoms with E-state index in [4.69, 9.17) is 4.74 Å². The van der Waals surface area contributed by atoms with Crippen LogP contribution in [0.1, 0.15) is 31.7 Å². The number of amides is 1. The number of hydrogen-bond acceptors (Lipinski definition) is 5. The lowest BCUT2D eigenvalue weighted by Gasteiger charge is -2.43. The van der Waals surface area contributed by atoms with Crippen LogP contribution in [-0.2, 0) is 4.79 Å². The third kappa shape index (κ3) is 3.75. The molecule has 1 saturated heterocycles. The van der Waals surface area contributed by atoms with Gasteiger partial charge in [-0.2, -0.15) is 0 Å². The van der Waals surface area contributed by atoms with Gasteiger partial charge in [0, 0.05) is 37.7 Å². The SMILES string of the molecule is Cc1ccccc1Oc1cc(N2CCN(C(=O)C3CCC3)[C@H](C)C2)ncn1. The van der Waals surface area contributed by atoms with E-state index in [-0.39, 0.29) is 12.0 Å². The van der Waals surface area contributed by atoms with Crippen molar-refractivity contribution in [2.45, 2.75) is 39.2 Å². The van der Waals surface area contributed by atoms with Gasteiger partial charge in [-0.1, -0.05) is 24.6 Å². The fraction of sp³-hybridized carbons (Fsp3) is 0.476. The Balaban J connectivity index is 1.43. The molecule has 2 fully saturated rings. The summed E-state index contributed by atoms with van der Waals surface area (Å²) >= 11 is 0. The summed E-state index contributed by atoms with van der Waals surface area (Å²) in [6.07, 6.45) is 4.84. The molecule has 1 amide bonds. The summed E-state index contributed by atoms with van der Waals surface area (Å²) in [5.74, 6) is 2.77. The summed E-state index contributed by atoms with van der Waals surface area (Å²) in [6, 6.07) is 9.94. The quantitative estimate of drug-likeness (QED) is 0.830. The maximum absolute atomic E-state index is 12.6. The summed E-state index contributed by atoms with van der Waals surface area (Å²) in [5, 5.41) is 0. The molecule has 2 heterocycles. The van der Waals surface area contributed by atoms with E-state index >= 15 is 0 Å². The second-order valence-corrected chi connectivity index (χ2v) is 7.54. The predicted octanol–water partition coefficient (Wildman–Crippen LogP) is 3.41. The van der Waals surface area contributed by atoms with E-state index in [1.54, 1.807) is 6.33 Å². The Morgan fingerprint density at radius 2 is 2.00 bits per heavy atom. The highest BCUT2D eigenvalue weighted by atomic mass is 16.5. The van der Waals surface area contributed by atoms with Crippen molar-refractivity contribution in [3.8, 4) is 11.6 Å². The summed E-state index contributed by atoms with van der Waals surface area (Å²) in [5.41, 5.74) is 1.06. The van der Waals surface area contributed by atoms with Crippen LogP contribution in [0.25, 0.3) is 0 Å². The molecular weight excluding hydrogens is 340 g/mol. The van der Waals surface area contributed by atoms with Gasteiger partial charge in [0.05, 0.1) is 0 Å². The van der Waals surface area contributed by atoms with Crippen molar-refractivity contribution in [2.75, 3.05) is 24.5 Å². The van der Waals surface area contributed by atoms with Crippen molar-refractivity contribution in [3.05, 3.63) is 42.2 Å². The molecule has 2 aliphatic rings. The Morgan fingerprint density at radius 3 is 2.70 bits per heavy atom. The van der Waals surface area contributed by atoms with E-state index in [0.29, 0.717) is 11.8 Å². The van der Waals surface area contributed by atoms with Crippen LogP contribution in [0.3, 0.4) is 0 Å². The molecule has 6 nitrogen and oxygen atoms in total. The van der Waals surface area contributed by atoms with E-state index < -0.39 is 0 Å².